The number of carbonyl (C=O) groups is 3. The van der Waals surface area contributed by atoms with Crippen molar-refractivity contribution in [3.8, 4) is 11.1 Å². The highest BCUT2D eigenvalue weighted by atomic mass is 16.6. The summed E-state index contributed by atoms with van der Waals surface area (Å²) in [5.74, 6) is -0.457. The zero-order valence-corrected chi connectivity index (χ0v) is 23.1. The molecule has 2 N–H and O–H groups in total. The van der Waals surface area contributed by atoms with Gasteiger partial charge in [-0.15, -0.1) is 0 Å². The van der Waals surface area contributed by atoms with E-state index in [2.05, 4.69) is 15.4 Å². The van der Waals surface area contributed by atoms with Crippen molar-refractivity contribution in [2.75, 3.05) is 25.5 Å². The summed E-state index contributed by atoms with van der Waals surface area (Å²) < 4.78 is 7.43. The molecule has 0 aliphatic carbocycles. The van der Waals surface area contributed by atoms with E-state index in [0.29, 0.717) is 22.5 Å². The quantitative estimate of drug-likeness (QED) is 0.383. The number of aromatic amines is 1. The number of nitrogens with zero attached hydrogens (tertiary/aromatic N) is 4. The summed E-state index contributed by atoms with van der Waals surface area (Å²) in [5, 5.41) is 7.41. The highest BCUT2D eigenvalue weighted by Crippen LogP contribution is 2.37. The van der Waals surface area contributed by atoms with Gasteiger partial charge in [0.1, 0.15) is 6.61 Å². The molecule has 0 radical (unpaired) electrons. The average molecular weight is 551 g/mol. The van der Waals surface area contributed by atoms with Crippen LogP contribution in [0.1, 0.15) is 38.6 Å². The molecular weight excluding hydrogens is 520 g/mol. The molecule has 6 rings (SSSR count). The number of benzene rings is 2. The standard InChI is InChI=1S/C31H30N6O4/c1-19-13-24-27(33-19)15-23-22-14-21(9-10-26(22)34-29(23)38)25-16-32-36(3)28(25)17-37(12-11-35(2)30(24)39)31(40)41-18-20-7-5-4-6-8-20/h4-10,13-16,33H,11-12,17-18H2,1-3H3,(H,34,38)/b23-15-. The fourth-order valence-corrected chi connectivity index (χ4v) is 5.24. The van der Waals surface area contributed by atoms with Gasteiger partial charge in [-0.05, 0) is 42.3 Å². The molecule has 2 aliphatic heterocycles. The van der Waals surface area contributed by atoms with Crippen LogP contribution in [0.5, 0.6) is 0 Å². The van der Waals surface area contributed by atoms with E-state index in [1.165, 1.54) is 0 Å². The minimum atomic E-state index is -0.489. The zero-order chi connectivity index (χ0) is 28.7. The molecule has 0 unspecified atom stereocenters. The highest BCUT2D eigenvalue weighted by Gasteiger charge is 2.28. The number of hydrogen-bond donors (Lipinski definition) is 2. The number of fused-ring (bicyclic) bond motifs is 4. The van der Waals surface area contributed by atoms with E-state index in [9.17, 15) is 14.4 Å². The van der Waals surface area contributed by atoms with Crippen molar-refractivity contribution in [3.05, 3.63) is 94.6 Å². The Morgan fingerprint density at radius 1 is 1.00 bits per heavy atom. The second-order valence-electron chi connectivity index (χ2n) is 10.4. The maximum Gasteiger partial charge on any atom is 0.410 e. The Balaban J connectivity index is 1.43. The Hall–Kier alpha value is -5.12. The maximum absolute atomic E-state index is 13.6. The van der Waals surface area contributed by atoms with E-state index in [1.54, 1.807) is 39.9 Å². The van der Waals surface area contributed by atoms with Crippen molar-refractivity contribution in [1.29, 1.82) is 0 Å². The summed E-state index contributed by atoms with van der Waals surface area (Å²) in [6, 6.07) is 17.0. The SMILES string of the molecule is Cc1cc2c([nH]1)/C=C1\C(=O)Nc3ccc(cc31)-c1cnn(C)c1CN(C(=O)OCc1ccccc1)CCN(C)C2=O. The molecule has 2 aromatic carbocycles. The number of hydrogen-bond acceptors (Lipinski definition) is 5. The second-order valence-corrected chi connectivity index (χ2v) is 10.4. The number of likely N-dealkylation sites (N-methyl/N-ethyl adjacent to an activating group) is 1. The van der Waals surface area contributed by atoms with Crippen LogP contribution >= 0.6 is 0 Å². The molecule has 0 atom stereocenters. The van der Waals surface area contributed by atoms with E-state index in [-0.39, 0.29) is 38.1 Å². The number of aromatic nitrogens is 3. The number of carbonyl (C=O) groups excluding carboxylic acids is 3. The lowest BCUT2D eigenvalue weighted by Crippen LogP contribution is -2.40. The molecule has 0 saturated heterocycles. The number of H-pyrrole nitrogens is 1. The van der Waals surface area contributed by atoms with Crippen LogP contribution in [-0.4, -0.2) is 62.6 Å². The summed E-state index contributed by atoms with van der Waals surface area (Å²) >= 11 is 0. The normalized spacial score (nSPS) is 16.2. The van der Waals surface area contributed by atoms with E-state index in [4.69, 9.17) is 4.74 Å². The van der Waals surface area contributed by atoms with Gasteiger partial charge in [0.2, 0.25) is 0 Å². The van der Waals surface area contributed by atoms with E-state index < -0.39 is 6.09 Å². The number of nitrogens with one attached hydrogen (secondary N) is 2. The second kappa shape index (κ2) is 10.5. The van der Waals surface area contributed by atoms with Gasteiger partial charge in [-0.3, -0.25) is 14.3 Å². The van der Waals surface area contributed by atoms with Gasteiger partial charge in [-0.2, -0.15) is 5.10 Å². The predicted octanol–water partition coefficient (Wildman–Crippen LogP) is 4.44. The third kappa shape index (κ3) is 5.00. The van der Waals surface area contributed by atoms with Gasteiger partial charge in [-0.1, -0.05) is 36.4 Å². The number of ether oxygens (including phenoxy) is 1. The minimum absolute atomic E-state index is 0.134. The smallest absolute Gasteiger partial charge is 0.410 e. The Morgan fingerprint density at radius 2 is 1.80 bits per heavy atom. The number of aryl methyl sites for hydroxylation is 2. The molecule has 2 aliphatic rings. The van der Waals surface area contributed by atoms with Crippen LogP contribution in [0.3, 0.4) is 0 Å². The van der Waals surface area contributed by atoms with Gasteiger partial charge < -0.3 is 24.8 Å². The molecule has 41 heavy (non-hydrogen) atoms. The molecule has 4 heterocycles. The lowest BCUT2D eigenvalue weighted by atomic mass is 9.98. The summed E-state index contributed by atoms with van der Waals surface area (Å²) in [7, 11) is 3.53. The molecule has 4 aromatic rings. The van der Waals surface area contributed by atoms with Gasteiger partial charge in [0.05, 0.1) is 35.3 Å². The molecule has 0 saturated carbocycles. The summed E-state index contributed by atoms with van der Waals surface area (Å²) in [6.07, 6.45) is 3.01. The van der Waals surface area contributed by atoms with Crippen molar-refractivity contribution < 1.29 is 19.1 Å². The lowest BCUT2D eigenvalue weighted by molar-refractivity contribution is -0.110. The average Bonchev–Trinajstić information content (AvgIpc) is 3.63. The molecule has 3 amide bonds. The maximum atomic E-state index is 13.6. The molecule has 0 fully saturated rings. The fourth-order valence-electron chi connectivity index (χ4n) is 5.24. The lowest BCUT2D eigenvalue weighted by Gasteiger charge is -2.26. The molecule has 208 valence electrons. The van der Waals surface area contributed by atoms with Gasteiger partial charge in [0, 0.05) is 49.7 Å². The Bertz CT molecular complexity index is 1700. The Labute approximate surface area is 237 Å². The van der Waals surface area contributed by atoms with Crippen LogP contribution in [0, 0.1) is 6.92 Å². The van der Waals surface area contributed by atoms with Crippen LogP contribution in [0.25, 0.3) is 22.8 Å². The molecule has 2 bridgehead atoms. The van der Waals surface area contributed by atoms with Gasteiger partial charge in [-0.25, -0.2) is 4.79 Å². The first-order valence-corrected chi connectivity index (χ1v) is 13.4. The third-order valence-electron chi connectivity index (χ3n) is 7.53. The fraction of sp³-hybridized carbons (Fsp3) is 0.226. The van der Waals surface area contributed by atoms with E-state index in [0.717, 1.165) is 33.6 Å². The van der Waals surface area contributed by atoms with Gasteiger partial charge in [0.15, 0.2) is 0 Å². The Morgan fingerprint density at radius 3 is 2.61 bits per heavy atom. The number of rotatable bonds is 2. The van der Waals surface area contributed by atoms with Crippen molar-refractivity contribution >= 4 is 35.2 Å². The van der Waals surface area contributed by atoms with Crippen LogP contribution < -0.4 is 5.32 Å². The monoisotopic (exact) mass is 550 g/mol. The summed E-state index contributed by atoms with van der Waals surface area (Å²) in [6.45, 7) is 2.73. The first-order valence-electron chi connectivity index (χ1n) is 13.4. The number of anilines is 1. The van der Waals surface area contributed by atoms with E-state index >= 15 is 0 Å². The summed E-state index contributed by atoms with van der Waals surface area (Å²) in [5.41, 5.74) is 7.08. The first-order chi connectivity index (χ1) is 19.8. The zero-order valence-electron chi connectivity index (χ0n) is 23.1. The molecule has 2 aromatic heterocycles. The van der Waals surface area contributed by atoms with Crippen LogP contribution in [0.15, 0.2) is 60.8 Å². The first kappa shape index (κ1) is 26.1. The van der Waals surface area contributed by atoms with E-state index in [1.807, 2.05) is 62.5 Å². The predicted molar refractivity (Wildman–Crippen MR) is 155 cm³/mol. The Kier molecular flexibility index (Phi) is 6.66. The van der Waals surface area contributed by atoms with Crippen LogP contribution in [0.2, 0.25) is 0 Å². The number of amides is 3. The third-order valence-corrected chi connectivity index (χ3v) is 7.53. The molecule has 10 nitrogen and oxygen atoms in total. The van der Waals surface area contributed by atoms with Crippen molar-refractivity contribution in [2.45, 2.75) is 20.1 Å². The molecular formula is C31H30N6O4. The van der Waals surface area contributed by atoms with Gasteiger partial charge >= 0.3 is 6.09 Å². The van der Waals surface area contributed by atoms with Crippen molar-refractivity contribution in [2.24, 2.45) is 7.05 Å². The molecule has 0 spiro atoms. The minimum Gasteiger partial charge on any atom is -0.445 e. The highest BCUT2D eigenvalue weighted by molar-refractivity contribution is 6.35. The van der Waals surface area contributed by atoms with Crippen LogP contribution in [0.4, 0.5) is 10.5 Å². The van der Waals surface area contributed by atoms with Crippen LogP contribution in [-0.2, 0) is 29.7 Å². The largest absolute Gasteiger partial charge is 0.445 e. The van der Waals surface area contributed by atoms with Gasteiger partial charge in [0.25, 0.3) is 11.8 Å². The van der Waals surface area contributed by atoms with Crippen molar-refractivity contribution in [3.63, 3.8) is 0 Å². The summed E-state index contributed by atoms with van der Waals surface area (Å²) in [4.78, 5) is 46.4. The topological polar surface area (TPSA) is 113 Å². The molecule has 10 heteroatoms. The van der Waals surface area contributed by atoms with Crippen molar-refractivity contribution in [1.82, 2.24) is 24.6 Å².